The van der Waals surface area contributed by atoms with Crippen molar-refractivity contribution < 1.29 is 29.0 Å². The van der Waals surface area contributed by atoms with E-state index in [9.17, 15) is 19.2 Å². The summed E-state index contributed by atoms with van der Waals surface area (Å²) in [6.45, 7) is 9.33. The average Bonchev–Trinajstić information content (AvgIpc) is 3.01. The molecule has 4 amide bonds. The Bertz CT molecular complexity index is 1150. The van der Waals surface area contributed by atoms with Gasteiger partial charge in [-0.25, -0.2) is 9.69 Å². The lowest BCUT2D eigenvalue weighted by Gasteiger charge is -2.28. The molecular formula is C29H37N3O6. The van der Waals surface area contributed by atoms with Gasteiger partial charge in [0.05, 0.1) is 6.42 Å². The third kappa shape index (κ3) is 6.90. The van der Waals surface area contributed by atoms with E-state index in [1.54, 1.807) is 20.8 Å². The lowest BCUT2D eigenvalue weighted by molar-refractivity contribution is -0.140. The zero-order valence-electron chi connectivity index (χ0n) is 22.6. The van der Waals surface area contributed by atoms with Gasteiger partial charge in [-0.05, 0) is 56.4 Å². The molecule has 0 bridgehead atoms. The number of aliphatic carboxylic acids is 1. The Morgan fingerprint density at radius 2 is 1.61 bits per heavy atom. The number of carbonyl (C=O) groups is 4. The number of nitrogens with one attached hydrogen (secondary N) is 1. The van der Waals surface area contributed by atoms with Gasteiger partial charge in [-0.3, -0.25) is 14.4 Å². The smallest absolute Gasteiger partial charge is 0.328 e. The zero-order valence-corrected chi connectivity index (χ0v) is 22.6. The summed E-state index contributed by atoms with van der Waals surface area (Å²) in [5, 5.41) is 11.7. The van der Waals surface area contributed by atoms with Crippen LogP contribution in [0.25, 0.3) is 0 Å². The highest BCUT2D eigenvalue weighted by molar-refractivity contribution is 6.09. The summed E-state index contributed by atoms with van der Waals surface area (Å²) in [7, 11) is 0. The highest BCUT2D eigenvalue weighted by atomic mass is 16.5. The van der Waals surface area contributed by atoms with Gasteiger partial charge in [0.25, 0.3) is 5.91 Å². The minimum Gasteiger partial charge on any atom is -0.489 e. The van der Waals surface area contributed by atoms with Gasteiger partial charge in [-0.1, -0.05) is 56.3 Å². The van der Waals surface area contributed by atoms with Gasteiger partial charge in [-0.15, -0.1) is 0 Å². The molecule has 9 nitrogen and oxygen atoms in total. The molecule has 9 heteroatoms. The van der Waals surface area contributed by atoms with Crippen LogP contribution >= 0.6 is 0 Å². The molecule has 0 aromatic heterocycles. The first kappa shape index (κ1) is 28.7. The maximum absolute atomic E-state index is 13.6. The van der Waals surface area contributed by atoms with Crippen LogP contribution in [0.5, 0.6) is 5.75 Å². The molecule has 2 aromatic rings. The number of benzene rings is 2. The standard InChI is InChI=1S/C29H37N3O6/c1-19(2)15-24(26(35)30-20(3)16-25(33)34)32-27(36)29(4,5)31(28(32)37)17-21-11-13-23(14-12-21)38-18-22-9-7-6-8-10-22/h6-14,19-20,24H,15-18H2,1-5H3,(H,30,35)(H,33,34). The van der Waals surface area contributed by atoms with Crippen LogP contribution in [-0.4, -0.2) is 56.3 Å². The molecule has 204 valence electrons. The van der Waals surface area contributed by atoms with Crippen LogP contribution in [-0.2, 0) is 27.5 Å². The van der Waals surface area contributed by atoms with Crippen LogP contribution in [0.2, 0.25) is 0 Å². The second kappa shape index (κ2) is 12.1. The Kier molecular flexibility index (Phi) is 9.14. The van der Waals surface area contributed by atoms with Crippen molar-refractivity contribution in [3.8, 4) is 5.75 Å². The van der Waals surface area contributed by atoms with Gasteiger partial charge in [0.15, 0.2) is 0 Å². The summed E-state index contributed by atoms with van der Waals surface area (Å²) in [6.07, 6.45) is 0.00514. The topological polar surface area (TPSA) is 116 Å². The van der Waals surface area contributed by atoms with E-state index in [-0.39, 0.29) is 25.3 Å². The molecule has 0 saturated carbocycles. The largest absolute Gasteiger partial charge is 0.489 e. The van der Waals surface area contributed by atoms with Crippen LogP contribution in [0.4, 0.5) is 4.79 Å². The number of urea groups is 1. The number of rotatable bonds is 12. The van der Waals surface area contributed by atoms with Crippen molar-refractivity contribution in [1.29, 1.82) is 0 Å². The van der Waals surface area contributed by atoms with E-state index in [0.717, 1.165) is 16.0 Å². The fraction of sp³-hybridized carbons (Fsp3) is 0.448. The SMILES string of the molecule is CC(C)CC(C(=O)NC(C)CC(=O)O)N1C(=O)N(Cc2ccc(OCc3ccccc3)cc2)C(C)(C)C1=O. The second-order valence-corrected chi connectivity index (χ2v) is 10.7. The van der Waals surface area contributed by atoms with Crippen LogP contribution in [0.15, 0.2) is 54.6 Å². The lowest BCUT2D eigenvalue weighted by atomic mass is 9.99. The first-order valence-corrected chi connectivity index (χ1v) is 12.8. The molecule has 1 aliphatic heterocycles. The highest BCUT2D eigenvalue weighted by Crippen LogP contribution is 2.33. The zero-order chi connectivity index (χ0) is 28.0. The summed E-state index contributed by atoms with van der Waals surface area (Å²) in [5.74, 6) is -1.34. The third-order valence-corrected chi connectivity index (χ3v) is 6.54. The number of hydrogen-bond donors (Lipinski definition) is 2. The molecule has 3 rings (SSSR count). The van der Waals surface area contributed by atoms with Crippen LogP contribution in [0.1, 0.15) is 58.6 Å². The van der Waals surface area contributed by atoms with E-state index < -0.39 is 41.4 Å². The number of ether oxygens (including phenoxy) is 1. The summed E-state index contributed by atoms with van der Waals surface area (Å²) < 4.78 is 5.84. The fourth-order valence-corrected chi connectivity index (χ4v) is 4.45. The van der Waals surface area contributed by atoms with E-state index in [4.69, 9.17) is 9.84 Å². The fourth-order valence-electron chi connectivity index (χ4n) is 4.45. The molecule has 2 N–H and O–H groups in total. The van der Waals surface area contributed by atoms with Crippen LogP contribution in [0, 0.1) is 5.92 Å². The molecule has 2 aromatic carbocycles. The maximum Gasteiger partial charge on any atom is 0.328 e. The highest BCUT2D eigenvalue weighted by Gasteiger charge is 2.54. The third-order valence-electron chi connectivity index (χ3n) is 6.54. The predicted octanol–water partition coefficient (Wildman–Crippen LogP) is 4.20. The minimum atomic E-state index is -1.16. The Morgan fingerprint density at radius 1 is 0.974 bits per heavy atom. The number of hydrogen-bond acceptors (Lipinski definition) is 5. The monoisotopic (exact) mass is 523 g/mol. The normalized spacial score (nSPS) is 16.5. The quantitative estimate of drug-likeness (QED) is 0.403. The first-order valence-electron chi connectivity index (χ1n) is 12.8. The van der Waals surface area contributed by atoms with Crippen molar-refractivity contribution in [2.24, 2.45) is 5.92 Å². The molecule has 38 heavy (non-hydrogen) atoms. The molecule has 2 atom stereocenters. The van der Waals surface area contributed by atoms with Gasteiger partial charge < -0.3 is 20.1 Å². The van der Waals surface area contributed by atoms with E-state index in [2.05, 4.69) is 5.32 Å². The summed E-state index contributed by atoms with van der Waals surface area (Å²) in [4.78, 5) is 53.8. The van der Waals surface area contributed by atoms with E-state index in [0.29, 0.717) is 12.4 Å². The van der Waals surface area contributed by atoms with Crippen molar-refractivity contribution in [1.82, 2.24) is 15.1 Å². The number of carbonyl (C=O) groups excluding carboxylic acids is 3. The Balaban J connectivity index is 1.74. The van der Waals surface area contributed by atoms with E-state index >= 15 is 0 Å². The number of nitrogens with zero attached hydrogens (tertiary/aromatic N) is 2. The summed E-state index contributed by atoms with van der Waals surface area (Å²) in [5.41, 5.74) is 0.701. The second-order valence-electron chi connectivity index (χ2n) is 10.7. The van der Waals surface area contributed by atoms with Crippen molar-refractivity contribution in [3.63, 3.8) is 0 Å². The molecule has 0 aliphatic carbocycles. The van der Waals surface area contributed by atoms with Gasteiger partial charge in [0.2, 0.25) is 5.91 Å². The lowest BCUT2D eigenvalue weighted by Crippen LogP contribution is -2.53. The van der Waals surface area contributed by atoms with E-state index in [1.807, 2.05) is 68.4 Å². The van der Waals surface area contributed by atoms with Crippen molar-refractivity contribution >= 4 is 23.8 Å². The summed E-state index contributed by atoms with van der Waals surface area (Å²) in [6, 6.07) is 14.9. The molecule has 0 radical (unpaired) electrons. The Labute approximate surface area is 223 Å². The Morgan fingerprint density at radius 3 is 2.18 bits per heavy atom. The molecule has 2 unspecified atom stereocenters. The van der Waals surface area contributed by atoms with Gasteiger partial charge in [0, 0.05) is 12.6 Å². The Hall–Kier alpha value is -3.88. The van der Waals surface area contributed by atoms with Gasteiger partial charge in [-0.2, -0.15) is 0 Å². The molecule has 0 spiro atoms. The predicted molar refractivity (Wildman–Crippen MR) is 142 cm³/mol. The number of carboxylic acids is 1. The molecular weight excluding hydrogens is 486 g/mol. The molecule has 1 aliphatic rings. The summed E-state index contributed by atoms with van der Waals surface area (Å²) >= 11 is 0. The van der Waals surface area contributed by atoms with E-state index in [1.165, 1.54) is 4.90 Å². The molecule has 1 saturated heterocycles. The minimum absolute atomic E-state index is 0.0155. The average molecular weight is 524 g/mol. The number of imide groups is 1. The van der Waals surface area contributed by atoms with Crippen molar-refractivity contribution in [2.45, 2.75) is 78.2 Å². The molecule has 1 heterocycles. The number of carboxylic acid groups (broad SMARTS) is 1. The van der Waals surface area contributed by atoms with Crippen LogP contribution < -0.4 is 10.1 Å². The first-order chi connectivity index (χ1) is 17.9. The number of amides is 4. The van der Waals surface area contributed by atoms with Crippen molar-refractivity contribution in [3.05, 3.63) is 65.7 Å². The van der Waals surface area contributed by atoms with Gasteiger partial charge >= 0.3 is 12.0 Å². The van der Waals surface area contributed by atoms with Gasteiger partial charge in [0.1, 0.15) is 23.9 Å². The molecule has 1 fully saturated rings. The van der Waals surface area contributed by atoms with Crippen molar-refractivity contribution in [2.75, 3.05) is 0 Å². The van der Waals surface area contributed by atoms with Crippen LogP contribution in [0.3, 0.4) is 0 Å². The maximum atomic E-state index is 13.6.